The first-order valence-corrected chi connectivity index (χ1v) is 40.2. The fourth-order valence-electron chi connectivity index (χ4n) is 9.79. The van der Waals surface area contributed by atoms with Gasteiger partial charge >= 0.3 is 0 Å². The standard InChI is InChI=1S/C14H22.C12H16.2C12H18.2C11H16O.C11H16.7C2H6/c1-6-11(2)12-8-7-9-13(10-12)14(3,4)5;1-9-7-11-5-3-4-6-12(11)8-10(9)2;1-5-9(2)12-7-6-10(3)11(4)8-12;1-4-10(3)12-8-6-7-11(5-2)9-12;1-4-9(2)10-5-7-11(12-3)8-6-10;1-3-9(2)11-6-4-5-10(7-11)8-12;1-4-10(3)11-7-5-9(2)6-8-11;7*1-2/h7-11H,6H2,1-5H3;3-6,9-10H,7-8H2,1-2H3;6-9H,5H2,1-4H3;6-10H,4-5H2,1-3H3;5-9H,4H2,1-3H3;4-7,9,12H,3,8H2,1-2H3;5-8,10H,4H2,1-3H3;7*1-2H3. The van der Waals surface area contributed by atoms with E-state index in [1.807, 2.05) is 121 Å². The molecule has 0 aliphatic heterocycles. The number of ether oxygens (including phenoxy) is 1. The highest BCUT2D eigenvalue weighted by atomic mass is 16.5. The highest BCUT2D eigenvalue weighted by Gasteiger charge is 2.21. The molecule has 0 heterocycles. The number of rotatable bonds is 15. The third-order valence-electron chi connectivity index (χ3n) is 18.2. The number of benzene rings is 7. The summed E-state index contributed by atoms with van der Waals surface area (Å²) in [6.45, 7) is 75.2. The quantitative estimate of drug-likeness (QED) is 0.111. The van der Waals surface area contributed by atoms with Crippen molar-refractivity contribution in [2.75, 3.05) is 7.11 Å². The monoisotopic (exact) mass is 1360 g/mol. The highest BCUT2D eigenvalue weighted by Crippen LogP contribution is 2.30. The van der Waals surface area contributed by atoms with Gasteiger partial charge in [-0.3, -0.25) is 0 Å². The molecule has 564 valence electrons. The van der Waals surface area contributed by atoms with Crippen molar-refractivity contribution in [3.63, 3.8) is 0 Å². The Morgan fingerprint density at radius 3 is 1.01 bits per heavy atom. The molecule has 2 heteroatoms. The van der Waals surface area contributed by atoms with E-state index >= 15 is 0 Å². The van der Waals surface area contributed by atoms with Gasteiger partial charge in [-0.1, -0.05) is 379 Å². The highest BCUT2D eigenvalue weighted by molar-refractivity contribution is 5.34. The van der Waals surface area contributed by atoms with Gasteiger partial charge in [-0.15, -0.1) is 0 Å². The van der Waals surface area contributed by atoms with Crippen LogP contribution in [0, 0.1) is 32.6 Å². The SMILES string of the molecule is CC.CC.CC.CC.CC.CC.CC.CC1Cc2ccccc2CC1C.CCC(C)c1ccc(C)c(C)c1.CCC(C)c1ccc(C)cc1.CCC(C)c1ccc(OC)cc1.CCC(C)c1cccc(C(C)(C)C)c1.CCC(C)c1cccc(CO)c1.CCc1cccc(C(C)CC)c1. The molecule has 8 rings (SSSR count). The van der Waals surface area contributed by atoms with Crippen molar-refractivity contribution in [1.29, 1.82) is 0 Å². The van der Waals surface area contributed by atoms with E-state index in [0.29, 0.717) is 35.5 Å². The maximum Gasteiger partial charge on any atom is 0.118 e. The number of hydrogen-bond acceptors (Lipinski definition) is 2. The summed E-state index contributed by atoms with van der Waals surface area (Å²) in [6, 6.07) is 58.8. The zero-order chi connectivity index (χ0) is 77.6. The zero-order valence-corrected chi connectivity index (χ0v) is 72.1. The van der Waals surface area contributed by atoms with Crippen molar-refractivity contribution in [3.05, 3.63) is 242 Å². The van der Waals surface area contributed by atoms with Crippen molar-refractivity contribution in [2.45, 2.75) is 348 Å². The average molecular weight is 1360 g/mol. The van der Waals surface area contributed by atoms with Gasteiger partial charge in [0.15, 0.2) is 0 Å². The lowest BCUT2D eigenvalue weighted by Crippen LogP contribution is -2.20. The van der Waals surface area contributed by atoms with E-state index in [2.05, 4.69) is 285 Å². The van der Waals surface area contributed by atoms with Crippen molar-refractivity contribution in [2.24, 2.45) is 11.8 Å². The maximum absolute atomic E-state index is 8.92. The molecule has 2 nitrogen and oxygen atoms in total. The van der Waals surface area contributed by atoms with Gasteiger partial charge in [0.1, 0.15) is 5.75 Å². The molecule has 7 aromatic carbocycles. The number of aliphatic hydroxyl groups is 1. The Labute approximate surface area is 620 Å². The van der Waals surface area contributed by atoms with Crippen LogP contribution in [-0.2, 0) is 31.3 Å². The summed E-state index contributed by atoms with van der Waals surface area (Å²) in [5.74, 6) is 6.68. The lowest BCUT2D eigenvalue weighted by atomic mass is 9.78. The van der Waals surface area contributed by atoms with Gasteiger partial charge in [-0.25, -0.2) is 0 Å². The van der Waals surface area contributed by atoms with Gasteiger partial charge in [-0.2, -0.15) is 0 Å². The molecule has 0 bridgehead atoms. The Kier molecular flexibility index (Phi) is 70.4. The molecule has 7 aromatic rings. The molecule has 0 fully saturated rings. The molecular weight excluding hydrogens is 1200 g/mol. The lowest BCUT2D eigenvalue weighted by molar-refractivity contribution is 0.281. The van der Waals surface area contributed by atoms with Crippen LogP contribution in [0.3, 0.4) is 0 Å². The minimum absolute atomic E-state index is 0.143. The third kappa shape index (κ3) is 45.7. The van der Waals surface area contributed by atoms with E-state index in [1.54, 1.807) is 18.2 Å². The fourth-order valence-corrected chi connectivity index (χ4v) is 9.79. The topological polar surface area (TPSA) is 29.5 Å². The van der Waals surface area contributed by atoms with Crippen LogP contribution in [0.25, 0.3) is 0 Å². The van der Waals surface area contributed by atoms with Crippen LogP contribution in [0.15, 0.2) is 164 Å². The minimum Gasteiger partial charge on any atom is -0.497 e. The summed E-state index contributed by atoms with van der Waals surface area (Å²) < 4.78 is 5.08. The lowest BCUT2D eigenvalue weighted by Gasteiger charge is -2.27. The van der Waals surface area contributed by atoms with Crippen LogP contribution < -0.4 is 4.74 Å². The van der Waals surface area contributed by atoms with Crippen molar-refractivity contribution in [1.82, 2.24) is 0 Å². The number of methoxy groups -OCH3 is 1. The van der Waals surface area contributed by atoms with Gasteiger partial charge in [0.2, 0.25) is 0 Å². The number of fused-ring (bicyclic) bond motifs is 1. The number of aliphatic hydroxyl groups excluding tert-OH is 1. The van der Waals surface area contributed by atoms with E-state index in [1.165, 1.54) is 106 Å². The summed E-state index contributed by atoms with van der Waals surface area (Å²) in [6.07, 6.45) is 10.9. The molecule has 0 spiro atoms. The normalized spacial score (nSPS) is 13.5. The number of hydrogen-bond donors (Lipinski definition) is 1. The van der Waals surface area contributed by atoms with Gasteiger partial charge in [0.05, 0.1) is 13.7 Å². The van der Waals surface area contributed by atoms with Crippen LogP contribution in [-0.4, -0.2) is 12.2 Å². The molecule has 0 aromatic heterocycles. The summed E-state index contributed by atoms with van der Waals surface area (Å²) in [5.41, 5.74) is 20.1. The second-order valence-electron chi connectivity index (χ2n) is 25.9. The molecule has 1 aliphatic carbocycles. The summed E-state index contributed by atoms with van der Waals surface area (Å²) in [7, 11) is 1.69. The second kappa shape index (κ2) is 66.8. The first kappa shape index (κ1) is 104. The molecule has 0 saturated heterocycles. The van der Waals surface area contributed by atoms with Crippen molar-refractivity contribution < 1.29 is 9.84 Å². The molecule has 8 atom stereocenters. The second-order valence-corrected chi connectivity index (χ2v) is 25.9. The van der Waals surface area contributed by atoms with Crippen LogP contribution in [0.4, 0.5) is 0 Å². The largest absolute Gasteiger partial charge is 0.497 e. The van der Waals surface area contributed by atoms with E-state index in [9.17, 15) is 0 Å². The molecule has 1 aliphatic rings. The Bertz CT molecular complexity index is 2760. The first-order valence-electron chi connectivity index (χ1n) is 40.2. The van der Waals surface area contributed by atoms with Crippen LogP contribution in [0.2, 0.25) is 0 Å². The molecule has 99 heavy (non-hydrogen) atoms. The molecule has 0 saturated carbocycles. The molecule has 8 unspecified atom stereocenters. The summed E-state index contributed by atoms with van der Waals surface area (Å²) in [5, 5.41) is 8.92. The summed E-state index contributed by atoms with van der Waals surface area (Å²) >= 11 is 0. The average Bonchev–Trinajstić information content (AvgIpc) is 0.851. The van der Waals surface area contributed by atoms with Gasteiger partial charge in [0.25, 0.3) is 0 Å². The smallest absolute Gasteiger partial charge is 0.118 e. The minimum atomic E-state index is 0.143. The van der Waals surface area contributed by atoms with Crippen LogP contribution in [0.1, 0.15) is 373 Å². The van der Waals surface area contributed by atoms with Gasteiger partial charge in [-0.05, 0) is 216 Å². The summed E-state index contributed by atoms with van der Waals surface area (Å²) in [4.78, 5) is 0. The predicted octanol–water partition coefficient (Wildman–Crippen LogP) is 31.7. The maximum atomic E-state index is 8.92. The van der Waals surface area contributed by atoms with E-state index in [4.69, 9.17) is 9.84 Å². The van der Waals surface area contributed by atoms with Gasteiger partial charge < -0.3 is 9.84 Å². The Morgan fingerprint density at radius 2 is 0.677 bits per heavy atom. The van der Waals surface area contributed by atoms with Crippen LogP contribution in [0.5, 0.6) is 5.75 Å². The predicted molar refractivity (Wildman–Crippen MR) is 457 cm³/mol. The molecule has 0 amide bonds. The number of aryl methyl sites for hydroxylation is 4. The molecule has 1 N–H and O–H groups in total. The first-order chi connectivity index (χ1) is 47.4. The van der Waals surface area contributed by atoms with Crippen LogP contribution >= 0.6 is 0 Å². The van der Waals surface area contributed by atoms with E-state index in [0.717, 1.165) is 36.0 Å². The van der Waals surface area contributed by atoms with Crippen molar-refractivity contribution >= 4 is 0 Å². The van der Waals surface area contributed by atoms with Crippen molar-refractivity contribution in [3.8, 4) is 5.75 Å². The molecular formula is C97H164O2. The Morgan fingerprint density at radius 1 is 0.364 bits per heavy atom. The van der Waals surface area contributed by atoms with Gasteiger partial charge in [0, 0.05) is 0 Å². The fraction of sp³-hybridized carbons (Fsp3) is 0.567. The van der Waals surface area contributed by atoms with E-state index < -0.39 is 0 Å². The van der Waals surface area contributed by atoms with E-state index in [-0.39, 0.29) is 12.0 Å². The Hall–Kier alpha value is -5.70. The molecule has 0 radical (unpaired) electrons. The third-order valence-corrected chi connectivity index (χ3v) is 18.2. The zero-order valence-electron chi connectivity index (χ0n) is 72.1. The Balaban J connectivity index is -0.000000247.